The number of rotatable bonds is 2. The monoisotopic (exact) mass is 233 g/mol. The summed E-state index contributed by atoms with van der Waals surface area (Å²) in [6.07, 6.45) is -1.55. The van der Waals surface area contributed by atoms with Gasteiger partial charge in [-0.1, -0.05) is 27.2 Å². The molecule has 0 aliphatic rings. The van der Waals surface area contributed by atoms with Crippen LogP contribution in [-0.4, -0.2) is 4.98 Å². The molecule has 0 fully saturated rings. The molecule has 0 aliphatic heterocycles. The van der Waals surface area contributed by atoms with Gasteiger partial charge in [-0.3, -0.25) is 4.98 Å². The first-order chi connectivity index (χ1) is 7.45. The number of aromatic nitrogens is 1. The van der Waals surface area contributed by atoms with Crippen molar-refractivity contribution in [3.8, 4) is 0 Å². The molecule has 1 heterocycles. The fourth-order valence-corrected chi connectivity index (χ4v) is 1.26. The Morgan fingerprint density at radius 3 is 2.25 bits per heavy atom. The van der Waals surface area contributed by atoms with E-state index in [1.54, 1.807) is 6.92 Å². The Balaban J connectivity index is 0.00000106. The molecule has 0 spiro atoms. The Labute approximate surface area is 94.7 Å². The quantitative estimate of drug-likeness (QED) is 0.738. The Morgan fingerprint density at radius 2 is 1.81 bits per heavy atom. The molecule has 1 aromatic heterocycles. The van der Waals surface area contributed by atoms with Gasteiger partial charge in [-0.2, -0.15) is 13.2 Å². The van der Waals surface area contributed by atoms with Crippen LogP contribution in [0, 0.1) is 6.92 Å². The maximum atomic E-state index is 12.3. The molecule has 4 heteroatoms. The second-order valence-corrected chi connectivity index (χ2v) is 3.24. The number of alkyl halides is 3. The van der Waals surface area contributed by atoms with Crippen LogP contribution in [0.4, 0.5) is 13.2 Å². The molecule has 92 valence electrons. The Bertz CT molecular complexity index is 319. The van der Waals surface area contributed by atoms with Gasteiger partial charge in [-0.15, -0.1) is 0 Å². The van der Waals surface area contributed by atoms with Crippen LogP contribution < -0.4 is 0 Å². The second kappa shape index (κ2) is 6.51. The number of nitrogens with zero attached hydrogens (tertiary/aromatic N) is 1. The van der Waals surface area contributed by atoms with Crippen LogP contribution in [0.1, 0.15) is 44.0 Å². The van der Waals surface area contributed by atoms with Crippen molar-refractivity contribution in [1.29, 1.82) is 0 Å². The highest BCUT2D eigenvalue weighted by Crippen LogP contribution is 2.28. The lowest BCUT2D eigenvalue weighted by Gasteiger charge is -2.09. The predicted molar refractivity (Wildman–Crippen MR) is 59.3 cm³/mol. The zero-order valence-corrected chi connectivity index (χ0v) is 10.2. The van der Waals surface area contributed by atoms with Crippen molar-refractivity contribution < 1.29 is 13.2 Å². The molecule has 0 unspecified atom stereocenters. The highest BCUT2D eigenvalue weighted by molar-refractivity contribution is 5.26. The van der Waals surface area contributed by atoms with Gasteiger partial charge in [0.1, 0.15) is 5.69 Å². The number of aryl methyl sites for hydroxylation is 2. The maximum Gasteiger partial charge on any atom is 0.433 e. The molecule has 1 rings (SSSR count). The van der Waals surface area contributed by atoms with Crippen molar-refractivity contribution in [3.63, 3.8) is 0 Å². The Hall–Kier alpha value is -1.06. The number of hydrogen-bond acceptors (Lipinski definition) is 1. The van der Waals surface area contributed by atoms with Crippen LogP contribution in [-0.2, 0) is 12.6 Å². The summed E-state index contributed by atoms with van der Waals surface area (Å²) in [5.41, 5.74) is 0.751. The lowest BCUT2D eigenvalue weighted by atomic mass is 10.1. The average Bonchev–Trinajstić information content (AvgIpc) is 2.23. The van der Waals surface area contributed by atoms with Crippen LogP contribution in [0.15, 0.2) is 12.3 Å². The van der Waals surface area contributed by atoms with Crippen LogP contribution in [0.3, 0.4) is 0 Å². The summed E-state index contributed by atoms with van der Waals surface area (Å²) in [5, 5.41) is 0. The summed E-state index contributed by atoms with van der Waals surface area (Å²) in [7, 11) is 0. The molecular weight excluding hydrogens is 215 g/mol. The topological polar surface area (TPSA) is 12.9 Å². The zero-order chi connectivity index (χ0) is 12.8. The minimum absolute atomic E-state index is 0.664. The van der Waals surface area contributed by atoms with Crippen molar-refractivity contribution in [2.24, 2.45) is 0 Å². The van der Waals surface area contributed by atoms with Gasteiger partial charge in [-0.05, 0) is 30.5 Å². The van der Waals surface area contributed by atoms with Crippen molar-refractivity contribution in [2.75, 3.05) is 0 Å². The van der Waals surface area contributed by atoms with Crippen LogP contribution in [0.25, 0.3) is 0 Å². The molecule has 16 heavy (non-hydrogen) atoms. The third-order valence-electron chi connectivity index (χ3n) is 2.02. The minimum Gasteiger partial charge on any atom is -0.251 e. The highest BCUT2D eigenvalue weighted by Gasteiger charge is 2.32. The number of halogens is 3. The molecule has 0 atom stereocenters. The van der Waals surface area contributed by atoms with Gasteiger partial charge in [0.2, 0.25) is 0 Å². The molecule has 0 radical (unpaired) electrons. The summed E-state index contributed by atoms with van der Waals surface area (Å²) >= 11 is 0. The molecular formula is C12H18F3N. The molecule has 0 saturated heterocycles. The van der Waals surface area contributed by atoms with E-state index in [-0.39, 0.29) is 0 Å². The van der Waals surface area contributed by atoms with E-state index in [0.29, 0.717) is 6.42 Å². The van der Waals surface area contributed by atoms with E-state index in [9.17, 15) is 13.2 Å². The van der Waals surface area contributed by atoms with Crippen LogP contribution >= 0.6 is 0 Å². The van der Waals surface area contributed by atoms with E-state index in [0.717, 1.165) is 23.6 Å². The molecule has 1 aromatic rings. The summed E-state index contributed by atoms with van der Waals surface area (Å²) in [6, 6.07) is 1.14. The molecule has 0 N–H and O–H groups in total. The molecule has 0 aromatic carbocycles. The van der Waals surface area contributed by atoms with Crippen LogP contribution in [0.5, 0.6) is 0 Å². The van der Waals surface area contributed by atoms with Crippen molar-refractivity contribution >= 4 is 0 Å². The molecule has 0 amide bonds. The lowest BCUT2D eigenvalue weighted by Crippen LogP contribution is -2.09. The maximum absolute atomic E-state index is 12.3. The van der Waals surface area contributed by atoms with Gasteiger partial charge >= 0.3 is 6.18 Å². The number of hydrogen-bond donors (Lipinski definition) is 0. The summed E-state index contributed by atoms with van der Waals surface area (Å²) in [5.74, 6) is 0. The van der Waals surface area contributed by atoms with Crippen molar-refractivity contribution in [1.82, 2.24) is 4.98 Å². The fraction of sp³-hybridized carbons (Fsp3) is 0.583. The zero-order valence-electron chi connectivity index (χ0n) is 10.2. The predicted octanol–water partition coefficient (Wildman–Crippen LogP) is 4.39. The molecule has 0 saturated carbocycles. The van der Waals surface area contributed by atoms with E-state index in [2.05, 4.69) is 4.98 Å². The standard InChI is InChI=1S/C10H12F3N.C2H6/c1-3-4-8-5-9(10(11,12)13)14-6-7(8)2;1-2/h5-6H,3-4H2,1-2H3;1-2H3. The second-order valence-electron chi connectivity index (χ2n) is 3.24. The molecule has 1 nitrogen and oxygen atoms in total. The van der Waals surface area contributed by atoms with E-state index < -0.39 is 11.9 Å². The first-order valence-electron chi connectivity index (χ1n) is 5.48. The minimum atomic E-state index is -4.34. The van der Waals surface area contributed by atoms with Crippen molar-refractivity contribution in [3.05, 3.63) is 29.1 Å². The molecule has 0 bridgehead atoms. The third-order valence-corrected chi connectivity index (χ3v) is 2.02. The summed E-state index contributed by atoms with van der Waals surface area (Å²) in [4.78, 5) is 3.37. The lowest BCUT2D eigenvalue weighted by molar-refractivity contribution is -0.141. The Kier molecular flexibility index (Phi) is 6.08. The Morgan fingerprint density at radius 1 is 1.25 bits per heavy atom. The van der Waals surface area contributed by atoms with Crippen LogP contribution in [0.2, 0.25) is 0 Å². The largest absolute Gasteiger partial charge is 0.433 e. The van der Waals surface area contributed by atoms with Gasteiger partial charge in [0.25, 0.3) is 0 Å². The normalized spacial score (nSPS) is 10.7. The number of pyridine rings is 1. The van der Waals surface area contributed by atoms with Gasteiger partial charge in [0.15, 0.2) is 0 Å². The van der Waals surface area contributed by atoms with E-state index >= 15 is 0 Å². The van der Waals surface area contributed by atoms with Crippen molar-refractivity contribution in [2.45, 2.75) is 46.7 Å². The van der Waals surface area contributed by atoms with E-state index in [1.807, 2.05) is 20.8 Å². The first-order valence-corrected chi connectivity index (χ1v) is 5.48. The summed E-state index contributed by atoms with van der Waals surface area (Å²) in [6.45, 7) is 7.71. The SMILES string of the molecule is CC.CCCc1cc(C(F)(F)F)ncc1C. The van der Waals surface area contributed by atoms with Gasteiger partial charge in [-0.25, -0.2) is 0 Å². The van der Waals surface area contributed by atoms with Gasteiger partial charge in [0.05, 0.1) is 0 Å². The van der Waals surface area contributed by atoms with E-state index in [1.165, 1.54) is 6.20 Å². The first kappa shape index (κ1) is 14.9. The fourth-order valence-electron chi connectivity index (χ4n) is 1.26. The molecule has 0 aliphatic carbocycles. The van der Waals surface area contributed by atoms with Gasteiger partial charge in [0, 0.05) is 6.20 Å². The smallest absolute Gasteiger partial charge is 0.251 e. The third kappa shape index (κ3) is 4.21. The van der Waals surface area contributed by atoms with Gasteiger partial charge < -0.3 is 0 Å². The average molecular weight is 233 g/mol. The summed E-state index contributed by atoms with van der Waals surface area (Å²) < 4.78 is 36.8. The highest BCUT2D eigenvalue weighted by atomic mass is 19.4. The van der Waals surface area contributed by atoms with E-state index in [4.69, 9.17) is 0 Å².